The van der Waals surface area contributed by atoms with Gasteiger partial charge < -0.3 is 14.7 Å². The molecular weight excluding hydrogens is 266 g/mol. The molecule has 2 N–H and O–H groups in total. The Morgan fingerprint density at radius 3 is 2.84 bits per heavy atom. The molecule has 96 valence electrons. The molecule has 0 saturated heterocycles. The van der Waals surface area contributed by atoms with Gasteiger partial charge in [-0.05, 0) is 36.8 Å². The van der Waals surface area contributed by atoms with E-state index >= 15 is 0 Å². The van der Waals surface area contributed by atoms with Crippen molar-refractivity contribution in [3.8, 4) is 23.0 Å². The molecule has 0 unspecified atom stereocenters. The van der Waals surface area contributed by atoms with Crippen molar-refractivity contribution in [3.63, 3.8) is 0 Å². The number of aromatic nitrogens is 2. The molecule has 6 heteroatoms. The third kappa shape index (κ3) is 2.08. The van der Waals surface area contributed by atoms with Gasteiger partial charge in [0.1, 0.15) is 0 Å². The van der Waals surface area contributed by atoms with Crippen LogP contribution < -0.4 is 5.73 Å². The number of benzene rings is 1. The predicted octanol–water partition coefficient (Wildman–Crippen LogP) is 3.54. The van der Waals surface area contributed by atoms with Gasteiger partial charge >= 0.3 is 0 Å². The molecule has 0 amide bonds. The summed E-state index contributed by atoms with van der Waals surface area (Å²) < 4.78 is 10.5. The quantitative estimate of drug-likeness (QED) is 0.724. The molecule has 3 aromatic rings. The van der Waals surface area contributed by atoms with E-state index < -0.39 is 0 Å². The minimum absolute atomic E-state index is 0.311. The molecule has 3 rings (SSSR count). The Labute approximate surface area is 114 Å². The van der Waals surface area contributed by atoms with Crippen molar-refractivity contribution in [2.45, 2.75) is 6.92 Å². The summed E-state index contributed by atoms with van der Waals surface area (Å²) in [5, 5.41) is 4.44. The smallest absolute Gasteiger partial charge is 0.260 e. The van der Waals surface area contributed by atoms with Gasteiger partial charge in [0.2, 0.25) is 5.82 Å². The second-order valence-electron chi connectivity index (χ2n) is 4.09. The Kier molecular flexibility index (Phi) is 2.76. The Bertz CT molecular complexity index is 733. The topological polar surface area (TPSA) is 78.1 Å². The van der Waals surface area contributed by atoms with E-state index in [0.717, 1.165) is 5.56 Å². The number of hydrogen-bond donors (Lipinski definition) is 1. The molecule has 2 heterocycles. The normalized spacial score (nSPS) is 10.8. The van der Waals surface area contributed by atoms with Crippen LogP contribution in [0, 0.1) is 6.92 Å². The molecule has 19 heavy (non-hydrogen) atoms. The molecular formula is C13H10ClN3O2. The number of rotatable bonds is 2. The van der Waals surface area contributed by atoms with Gasteiger partial charge in [0.15, 0.2) is 5.76 Å². The molecule has 0 bridgehead atoms. The fraction of sp³-hybridized carbons (Fsp3) is 0.0769. The lowest BCUT2D eigenvalue weighted by Gasteiger charge is -2.00. The van der Waals surface area contributed by atoms with Crippen LogP contribution in [0.1, 0.15) is 5.56 Å². The van der Waals surface area contributed by atoms with Crippen LogP contribution in [0.4, 0.5) is 5.69 Å². The van der Waals surface area contributed by atoms with Crippen LogP contribution in [-0.2, 0) is 0 Å². The van der Waals surface area contributed by atoms with Gasteiger partial charge in [0.25, 0.3) is 5.89 Å². The van der Waals surface area contributed by atoms with Gasteiger partial charge in [-0.1, -0.05) is 16.8 Å². The van der Waals surface area contributed by atoms with E-state index in [0.29, 0.717) is 33.7 Å². The molecule has 0 spiro atoms. The highest BCUT2D eigenvalue weighted by Crippen LogP contribution is 2.30. The second kappa shape index (κ2) is 4.44. The summed E-state index contributed by atoms with van der Waals surface area (Å²) >= 11 is 5.93. The lowest BCUT2D eigenvalue weighted by atomic mass is 10.2. The average Bonchev–Trinajstić information content (AvgIpc) is 3.00. The highest BCUT2D eigenvalue weighted by molar-refractivity contribution is 6.31. The number of nitrogen functional groups attached to an aromatic ring is 1. The maximum absolute atomic E-state index is 5.93. The van der Waals surface area contributed by atoms with Gasteiger partial charge in [-0.15, -0.1) is 0 Å². The van der Waals surface area contributed by atoms with Crippen LogP contribution >= 0.6 is 11.6 Å². The van der Waals surface area contributed by atoms with Crippen molar-refractivity contribution in [2.75, 3.05) is 5.73 Å². The first-order valence-corrected chi connectivity index (χ1v) is 5.96. The van der Waals surface area contributed by atoms with Gasteiger partial charge in [-0.3, -0.25) is 0 Å². The summed E-state index contributed by atoms with van der Waals surface area (Å²) in [5.41, 5.74) is 7.94. The monoisotopic (exact) mass is 275 g/mol. The third-order valence-corrected chi connectivity index (χ3v) is 2.97. The molecule has 0 fully saturated rings. The molecule has 0 aliphatic carbocycles. The standard InChI is InChI=1S/C13H10ClN3O2/c1-7-4-5-18-11(7)12-16-13(19-17-12)9-6-8(14)2-3-10(9)15/h2-6H,15H2,1H3. The van der Waals surface area contributed by atoms with Crippen LogP contribution in [0.25, 0.3) is 23.0 Å². The maximum Gasteiger partial charge on any atom is 0.260 e. The molecule has 0 radical (unpaired) electrons. The first-order valence-electron chi connectivity index (χ1n) is 5.59. The van der Waals surface area contributed by atoms with Gasteiger partial charge in [0.05, 0.1) is 11.8 Å². The maximum atomic E-state index is 5.93. The number of aryl methyl sites for hydroxylation is 1. The van der Waals surface area contributed by atoms with E-state index in [-0.39, 0.29) is 0 Å². The molecule has 0 aliphatic heterocycles. The zero-order chi connectivity index (χ0) is 13.4. The second-order valence-corrected chi connectivity index (χ2v) is 4.52. The third-order valence-electron chi connectivity index (χ3n) is 2.74. The van der Waals surface area contributed by atoms with Crippen molar-refractivity contribution >= 4 is 17.3 Å². The van der Waals surface area contributed by atoms with Crippen molar-refractivity contribution in [1.29, 1.82) is 0 Å². The number of nitrogens with two attached hydrogens (primary N) is 1. The first-order chi connectivity index (χ1) is 9.15. The molecule has 0 atom stereocenters. The van der Waals surface area contributed by atoms with E-state index in [1.807, 2.05) is 13.0 Å². The van der Waals surface area contributed by atoms with Gasteiger partial charge in [-0.25, -0.2) is 0 Å². The molecule has 0 aliphatic rings. The largest absolute Gasteiger partial charge is 0.461 e. The van der Waals surface area contributed by atoms with Crippen LogP contribution in [0.5, 0.6) is 0 Å². The predicted molar refractivity (Wildman–Crippen MR) is 71.6 cm³/mol. The number of nitrogens with zero attached hydrogens (tertiary/aromatic N) is 2. The lowest BCUT2D eigenvalue weighted by Crippen LogP contribution is -1.90. The fourth-order valence-corrected chi connectivity index (χ4v) is 1.91. The minimum Gasteiger partial charge on any atom is -0.461 e. The summed E-state index contributed by atoms with van der Waals surface area (Å²) in [6.45, 7) is 1.91. The number of hydrogen-bond acceptors (Lipinski definition) is 5. The summed E-state index contributed by atoms with van der Waals surface area (Å²) in [7, 11) is 0. The lowest BCUT2D eigenvalue weighted by molar-refractivity contribution is 0.429. The van der Waals surface area contributed by atoms with E-state index in [9.17, 15) is 0 Å². The van der Waals surface area contributed by atoms with Crippen molar-refractivity contribution in [1.82, 2.24) is 10.1 Å². The molecule has 2 aromatic heterocycles. The van der Waals surface area contributed by atoms with E-state index in [2.05, 4.69) is 10.1 Å². The highest BCUT2D eigenvalue weighted by Gasteiger charge is 2.16. The van der Waals surface area contributed by atoms with E-state index in [1.165, 1.54) is 0 Å². The number of furan rings is 1. The number of anilines is 1. The zero-order valence-electron chi connectivity index (χ0n) is 10.1. The average molecular weight is 276 g/mol. The van der Waals surface area contributed by atoms with Crippen LogP contribution in [0.3, 0.4) is 0 Å². The summed E-state index contributed by atoms with van der Waals surface area (Å²) in [5.74, 6) is 1.28. The summed E-state index contributed by atoms with van der Waals surface area (Å²) in [6, 6.07) is 6.91. The number of halogens is 1. The molecule has 0 saturated carbocycles. The Hall–Kier alpha value is -2.27. The first kappa shape index (κ1) is 11.8. The van der Waals surface area contributed by atoms with Crippen molar-refractivity contribution in [3.05, 3.63) is 41.1 Å². The van der Waals surface area contributed by atoms with Crippen LogP contribution in [-0.4, -0.2) is 10.1 Å². The van der Waals surface area contributed by atoms with Gasteiger partial charge in [-0.2, -0.15) is 4.98 Å². The summed E-state index contributed by atoms with van der Waals surface area (Å²) in [6.07, 6.45) is 1.58. The Morgan fingerprint density at radius 1 is 1.26 bits per heavy atom. The zero-order valence-corrected chi connectivity index (χ0v) is 10.8. The van der Waals surface area contributed by atoms with Crippen molar-refractivity contribution < 1.29 is 8.94 Å². The van der Waals surface area contributed by atoms with Crippen molar-refractivity contribution in [2.24, 2.45) is 0 Å². The van der Waals surface area contributed by atoms with E-state index in [1.54, 1.807) is 24.5 Å². The SMILES string of the molecule is Cc1ccoc1-c1noc(-c2cc(Cl)ccc2N)n1. The van der Waals surface area contributed by atoms with Crippen LogP contribution in [0.15, 0.2) is 39.5 Å². The Balaban J connectivity index is 2.06. The molecule has 1 aromatic carbocycles. The van der Waals surface area contributed by atoms with Gasteiger partial charge in [0, 0.05) is 10.7 Å². The fourth-order valence-electron chi connectivity index (χ4n) is 1.74. The summed E-state index contributed by atoms with van der Waals surface area (Å²) in [4.78, 5) is 4.28. The van der Waals surface area contributed by atoms with Crippen LogP contribution in [0.2, 0.25) is 5.02 Å². The van der Waals surface area contributed by atoms with E-state index in [4.69, 9.17) is 26.3 Å². The Morgan fingerprint density at radius 2 is 2.11 bits per heavy atom. The minimum atomic E-state index is 0.311. The molecule has 5 nitrogen and oxygen atoms in total. The highest BCUT2D eigenvalue weighted by atomic mass is 35.5.